The molecule has 1 aliphatic rings. The van der Waals surface area contributed by atoms with Crippen LogP contribution in [-0.2, 0) is 19.4 Å². The van der Waals surface area contributed by atoms with Gasteiger partial charge in [0.2, 0.25) is 0 Å². The Morgan fingerprint density at radius 2 is 2.23 bits per heavy atom. The van der Waals surface area contributed by atoms with Crippen molar-refractivity contribution < 1.29 is 9.53 Å². The molecule has 2 amide bonds. The van der Waals surface area contributed by atoms with Crippen molar-refractivity contribution >= 4 is 6.03 Å². The number of hydrogen-bond donors (Lipinski definition) is 2. The van der Waals surface area contributed by atoms with Crippen LogP contribution in [0.25, 0.3) is 0 Å². The molecular formula is C20H28N4O2. The third-order valence-electron chi connectivity index (χ3n) is 4.82. The summed E-state index contributed by atoms with van der Waals surface area (Å²) in [5, 5.41) is 5.90. The summed E-state index contributed by atoms with van der Waals surface area (Å²) in [4.78, 5) is 16.9. The fourth-order valence-corrected chi connectivity index (χ4v) is 3.41. The van der Waals surface area contributed by atoms with Crippen LogP contribution in [-0.4, -0.2) is 29.2 Å². The number of imidazole rings is 1. The molecule has 1 aliphatic heterocycles. The van der Waals surface area contributed by atoms with Crippen LogP contribution in [0.15, 0.2) is 24.4 Å². The van der Waals surface area contributed by atoms with E-state index < -0.39 is 0 Å². The van der Waals surface area contributed by atoms with E-state index in [1.165, 1.54) is 18.7 Å². The number of fused-ring (bicyclic) bond motifs is 1. The molecule has 1 atom stereocenters. The Hall–Kier alpha value is -2.50. The lowest BCUT2D eigenvalue weighted by Crippen LogP contribution is -2.38. The molecule has 2 aromatic rings. The van der Waals surface area contributed by atoms with Gasteiger partial charge in [0, 0.05) is 37.7 Å². The standard InChI is InChI=1S/C20H28N4O2/c1-14-7-8-18(26-3)17(12-14)15(2)22-20(25)21-10-9-16-13-24-11-5-4-6-19(24)23-16/h7-8,12-13,15H,4-6,9-11H2,1-3H3,(H2,21,22,25). The third-order valence-corrected chi connectivity index (χ3v) is 4.82. The van der Waals surface area contributed by atoms with Crippen molar-refractivity contribution in [3.05, 3.63) is 47.0 Å². The lowest BCUT2D eigenvalue weighted by molar-refractivity contribution is 0.238. The van der Waals surface area contributed by atoms with E-state index in [2.05, 4.69) is 26.4 Å². The van der Waals surface area contributed by atoms with Gasteiger partial charge in [-0.1, -0.05) is 17.7 Å². The van der Waals surface area contributed by atoms with Crippen LogP contribution in [0.3, 0.4) is 0 Å². The number of aryl methyl sites for hydroxylation is 3. The molecular weight excluding hydrogens is 328 g/mol. The van der Waals surface area contributed by atoms with Crippen molar-refractivity contribution in [3.63, 3.8) is 0 Å². The lowest BCUT2D eigenvalue weighted by Gasteiger charge is -2.18. The van der Waals surface area contributed by atoms with Crippen molar-refractivity contribution in [3.8, 4) is 5.75 Å². The molecule has 140 valence electrons. The first-order valence-electron chi connectivity index (χ1n) is 9.30. The fraction of sp³-hybridized carbons (Fsp3) is 0.500. The van der Waals surface area contributed by atoms with Crippen LogP contribution < -0.4 is 15.4 Å². The van der Waals surface area contributed by atoms with Crippen LogP contribution in [0.5, 0.6) is 5.75 Å². The van der Waals surface area contributed by atoms with Gasteiger partial charge >= 0.3 is 6.03 Å². The first-order chi connectivity index (χ1) is 12.6. The smallest absolute Gasteiger partial charge is 0.315 e. The number of methoxy groups -OCH3 is 1. The lowest BCUT2D eigenvalue weighted by atomic mass is 10.0. The highest BCUT2D eigenvalue weighted by atomic mass is 16.5. The highest BCUT2D eigenvalue weighted by Gasteiger charge is 2.15. The van der Waals surface area contributed by atoms with Gasteiger partial charge in [-0.05, 0) is 32.8 Å². The Kier molecular flexibility index (Phi) is 5.81. The van der Waals surface area contributed by atoms with Crippen molar-refractivity contribution in [2.24, 2.45) is 0 Å². The van der Waals surface area contributed by atoms with E-state index in [0.717, 1.165) is 42.0 Å². The number of carbonyl (C=O) groups excluding carboxylic acids is 1. The maximum absolute atomic E-state index is 12.2. The van der Waals surface area contributed by atoms with E-state index in [0.29, 0.717) is 6.54 Å². The zero-order chi connectivity index (χ0) is 18.5. The van der Waals surface area contributed by atoms with Crippen LogP contribution in [0.4, 0.5) is 4.79 Å². The van der Waals surface area contributed by atoms with Gasteiger partial charge in [0.25, 0.3) is 0 Å². The van der Waals surface area contributed by atoms with E-state index >= 15 is 0 Å². The molecule has 0 saturated carbocycles. The second-order valence-corrected chi connectivity index (χ2v) is 6.92. The largest absolute Gasteiger partial charge is 0.496 e. The van der Waals surface area contributed by atoms with Crippen molar-refractivity contribution in [2.45, 2.75) is 52.1 Å². The minimum Gasteiger partial charge on any atom is -0.496 e. The number of ether oxygens (including phenoxy) is 1. The average Bonchev–Trinajstić information content (AvgIpc) is 3.04. The molecule has 0 spiro atoms. The first-order valence-corrected chi connectivity index (χ1v) is 9.30. The van der Waals surface area contributed by atoms with E-state index in [1.54, 1.807) is 7.11 Å². The molecule has 6 heteroatoms. The molecule has 0 saturated heterocycles. The summed E-state index contributed by atoms with van der Waals surface area (Å²) in [5.41, 5.74) is 3.17. The van der Waals surface area contributed by atoms with Gasteiger partial charge in [-0.15, -0.1) is 0 Å². The number of carbonyl (C=O) groups is 1. The van der Waals surface area contributed by atoms with Crippen molar-refractivity contribution in [1.29, 1.82) is 0 Å². The van der Waals surface area contributed by atoms with Crippen LogP contribution in [0.1, 0.15) is 48.5 Å². The molecule has 2 heterocycles. The molecule has 6 nitrogen and oxygen atoms in total. The fourth-order valence-electron chi connectivity index (χ4n) is 3.41. The quantitative estimate of drug-likeness (QED) is 0.835. The Morgan fingerprint density at radius 3 is 3.00 bits per heavy atom. The van der Waals surface area contributed by atoms with Gasteiger partial charge < -0.3 is 19.9 Å². The highest BCUT2D eigenvalue weighted by Crippen LogP contribution is 2.25. The molecule has 3 rings (SSSR count). The minimum atomic E-state index is -0.176. The normalized spacial score (nSPS) is 14.4. The van der Waals surface area contributed by atoms with E-state index in [-0.39, 0.29) is 12.1 Å². The molecule has 26 heavy (non-hydrogen) atoms. The Balaban J connectivity index is 1.49. The zero-order valence-electron chi connectivity index (χ0n) is 15.8. The summed E-state index contributed by atoms with van der Waals surface area (Å²) in [7, 11) is 1.64. The van der Waals surface area contributed by atoms with Crippen molar-refractivity contribution in [2.75, 3.05) is 13.7 Å². The summed E-state index contributed by atoms with van der Waals surface area (Å²) in [6, 6.07) is 5.66. The Labute approximate surface area is 155 Å². The predicted molar refractivity (Wildman–Crippen MR) is 102 cm³/mol. The van der Waals surface area contributed by atoms with E-state index in [1.807, 2.05) is 32.0 Å². The average molecular weight is 356 g/mol. The number of aromatic nitrogens is 2. The molecule has 1 aromatic heterocycles. The zero-order valence-corrected chi connectivity index (χ0v) is 15.8. The summed E-state index contributed by atoms with van der Waals surface area (Å²) < 4.78 is 7.64. The predicted octanol–water partition coefficient (Wildman–Crippen LogP) is 3.14. The van der Waals surface area contributed by atoms with E-state index in [9.17, 15) is 4.79 Å². The van der Waals surface area contributed by atoms with Gasteiger partial charge in [0.05, 0.1) is 18.8 Å². The number of amides is 2. The van der Waals surface area contributed by atoms with E-state index in [4.69, 9.17) is 4.74 Å². The molecule has 0 radical (unpaired) electrons. The Morgan fingerprint density at radius 1 is 1.38 bits per heavy atom. The number of urea groups is 1. The number of nitrogens with one attached hydrogen (secondary N) is 2. The summed E-state index contributed by atoms with van der Waals surface area (Å²) in [6.45, 7) is 5.62. The molecule has 0 bridgehead atoms. The maximum atomic E-state index is 12.2. The van der Waals surface area contributed by atoms with Crippen LogP contribution >= 0.6 is 0 Å². The molecule has 0 fully saturated rings. The summed E-state index contributed by atoms with van der Waals surface area (Å²) >= 11 is 0. The number of benzene rings is 1. The number of rotatable bonds is 6. The minimum absolute atomic E-state index is 0.134. The molecule has 2 N–H and O–H groups in total. The maximum Gasteiger partial charge on any atom is 0.315 e. The second kappa shape index (κ2) is 8.25. The van der Waals surface area contributed by atoms with Crippen LogP contribution in [0.2, 0.25) is 0 Å². The SMILES string of the molecule is COc1ccc(C)cc1C(C)NC(=O)NCCc1cn2c(n1)CCCC2. The van der Waals surface area contributed by atoms with Crippen molar-refractivity contribution in [1.82, 2.24) is 20.2 Å². The Bertz CT molecular complexity index is 746. The third kappa shape index (κ3) is 4.36. The highest BCUT2D eigenvalue weighted by molar-refractivity contribution is 5.74. The first kappa shape index (κ1) is 18.3. The molecule has 1 aromatic carbocycles. The second-order valence-electron chi connectivity index (χ2n) is 6.92. The molecule has 0 aliphatic carbocycles. The van der Waals surface area contributed by atoms with Gasteiger partial charge in [-0.3, -0.25) is 0 Å². The van der Waals surface area contributed by atoms with Gasteiger partial charge in [-0.2, -0.15) is 0 Å². The van der Waals surface area contributed by atoms with Gasteiger partial charge in [0.15, 0.2) is 0 Å². The monoisotopic (exact) mass is 356 g/mol. The summed E-state index contributed by atoms with van der Waals surface area (Å²) in [5.74, 6) is 1.96. The topological polar surface area (TPSA) is 68.2 Å². The summed E-state index contributed by atoms with van der Waals surface area (Å²) in [6.07, 6.45) is 6.37. The van der Waals surface area contributed by atoms with Gasteiger partial charge in [-0.25, -0.2) is 9.78 Å². The number of nitrogens with zero attached hydrogens (tertiary/aromatic N) is 2. The molecule has 1 unspecified atom stereocenters. The van der Waals surface area contributed by atoms with Crippen LogP contribution in [0, 0.1) is 6.92 Å². The number of hydrogen-bond acceptors (Lipinski definition) is 3. The van der Waals surface area contributed by atoms with Gasteiger partial charge in [0.1, 0.15) is 11.6 Å².